The van der Waals surface area contributed by atoms with Crippen LogP contribution in [0.4, 0.5) is 5.69 Å². The first-order valence-electron chi connectivity index (χ1n) is 6.18. The van der Waals surface area contributed by atoms with Crippen molar-refractivity contribution in [1.82, 2.24) is 0 Å². The summed E-state index contributed by atoms with van der Waals surface area (Å²) in [6.07, 6.45) is 0.739. The Labute approximate surface area is 141 Å². The van der Waals surface area contributed by atoms with Gasteiger partial charge in [-0.3, -0.25) is 0 Å². The van der Waals surface area contributed by atoms with Gasteiger partial charge in [0.05, 0.1) is 5.56 Å². The lowest BCUT2D eigenvalue weighted by Crippen LogP contribution is -2.06. The van der Waals surface area contributed by atoms with E-state index in [-0.39, 0.29) is 5.56 Å². The predicted molar refractivity (Wildman–Crippen MR) is 89.8 cm³/mol. The molecule has 0 saturated heterocycles. The standard InChI is InChI=1S/C15H12BrCl2NO2/c16-12-7-10(15(20)21)2-4-14(12)19-6-5-9-1-3-11(17)8-13(9)18/h1-4,7-8,19H,5-6H2,(H,20,21). The Bertz CT molecular complexity index is 677. The van der Waals surface area contributed by atoms with Crippen LogP contribution in [0.15, 0.2) is 40.9 Å². The number of anilines is 1. The number of carboxylic acid groups (broad SMARTS) is 1. The first kappa shape index (κ1) is 16.1. The molecular formula is C15H12BrCl2NO2. The zero-order valence-corrected chi connectivity index (χ0v) is 14.0. The molecule has 0 atom stereocenters. The minimum Gasteiger partial charge on any atom is -0.478 e. The van der Waals surface area contributed by atoms with E-state index in [0.717, 1.165) is 17.7 Å². The molecule has 3 nitrogen and oxygen atoms in total. The molecule has 110 valence electrons. The molecule has 2 N–H and O–H groups in total. The number of benzene rings is 2. The molecule has 0 aliphatic rings. The van der Waals surface area contributed by atoms with Crippen molar-refractivity contribution < 1.29 is 9.90 Å². The van der Waals surface area contributed by atoms with Crippen molar-refractivity contribution in [1.29, 1.82) is 0 Å². The fourth-order valence-corrected chi connectivity index (χ4v) is 2.87. The summed E-state index contributed by atoms with van der Waals surface area (Å²) in [4.78, 5) is 10.9. The molecular weight excluding hydrogens is 377 g/mol. The van der Waals surface area contributed by atoms with Crippen LogP contribution in [-0.2, 0) is 6.42 Å². The Balaban J connectivity index is 1.99. The lowest BCUT2D eigenvalue weighted by molar-refractivity contribution is 0.0697. The minimum atomic E-state index is -0.949. The number of hydrogen-bond acceptors (Lipinski definition) is 2. The molecule has 0 aliphatic heterocycles. The van der Waals surface area contributed by atoms with Gasteiger partial charge in [0.1, 0.15) is 0 Å². The van der Waals surface area contributed by atoms with E-state index in [1.54, 1.807) is 30.3 Å². The van der Waals surface area contributed by atoms with Crippen molar-refractivity contribution >= 4 is 50.8 Å². The quantitative estimate of drug-likeness (QED) is 0.748. The third-order valence-corrected chi connectivity index (χ3v) is 4.18. The maximum absolute atomic E-state index is 10.9. The van der Waals surface area contributed by atoms with Crippen LogP contribution in [0.25, 0.3) is 0 Å². The number of nitrogens with one attached hydrogen (secondary N) is 1. The van der Waals surface area contributed by atoms with Crippen LogP contribution in [0.1, 0.15) is 15.9 Å². The van der Waals surface area contributed by atoms with E-state index in [2.05, 4.69) is 21.2 Å². The van der Waals surface area contributed by atoms with Crippen molar-refractivity contribution in [3.05, 3.63) is 62.0 Å². The van der Waals surface area contributed by atoms with E-state index in [4.69, 9.17) is 28.3 Å². The van der Waals surface area contributed by atoms with Crippen molar-refractivity contribution in [3.63, 3.8) is 0 Å². The Hall–Kier alpha value is -1.23. The van der Waals surface area contributed by atoms with Crippen molar-refractivity contribution in [2.75, 3.05) is 11.9 Å². The number of hydrogen-bond donors (Lipinski definition) is 2. The second kappa shape index (κ2) is 7.16. The zero-order chi connectivity index (χ0) is 15.4. The summed E-state index contributed by atoms with van der Waals surface area (Å²) in [5, 5.41) is 13.4. The van der Waals surface area contributed by atoms with Gasteiger partial charge in [0.15, 0.2) is 0 Å². The molecule has 2 rings (SSSR count). The van der Waals surface area contributed by atoms with E-state index in [9.17, 15) is 4.79 Å². The van der Waals surface area contributed by atoms with E-state index in [1.807, 2.05) is 6.07 Å². The van der Waals surface area contributed by atoms with E-state index < -0.39 is 5.97 Å². The number of rotatable bonds is 5. The summed E-state index contributed by atoms with van der Waals surface area (Å²) in [6.45, 7) is 0.673. The Kier molecular flexibility index (Phi) is 5.51. The summed E-state index contributed by atoms with van der Waals surface area (Å²) < 4.78 is 0.713. The van der Waals surface area contributed by atoms with Crippen molar-refractivity contribution in [2.45, 2.75) is 6.42 Å². The van der Waals surface area contributed by atoms with Gasteiger partial charge in [0.25, 0.3) is 0 Å². The van der Waals surface area contributed by atoms with Crippen LogP contribution < -0.4 is 5.32 Å². The maximum atomic E-state index is 10.9. The minimum absolute atomic E-state index is 0.244. The van der Waals surface area contributed by atoms with Gasteiger partial charge in [-0.15, -0.1) is 0 Å². The average molecular weight is 389 g/mol. The van der Waals surface area contributed by atoms with Crippen molar-refractivity contribution in [2.24, 2.45) is 0 Å². The second-order valence-corrected chi connectivity index (χ2v) is 6.11. The highest BCUT2D eigenvalue weighted by Gasteiger charge is 2.07. The maximum Gasteiger partial charge on any atom is 0.335 e. The van der Waals surface area contributed by atoms with Crippen LogP contribution in [0, 0.1) is 0 Å². The topological polar surface area (TPSA) is 49.3 Å². The number of carbonyl (C=O) groups is 1. The molecule has 0 spiro atoms. The summed E-state index contributed by atoms with van der Waals surface area (Å²) in [5.41, 5.74) is 2.09. The lowest BCUT2D eigenvalue weighted by Gasteiger charge is -2.10. The monoisotopic (exact) mass is 387 g/mol. The molecule has 0 heterocycles. The van der Waals surface area contributed by atoms with Gasteiger partial charge in [0, 0.05) is 26.8 Å². The van der Waals surface area contributed by atoms with Gasteiger partial charge in [-0.25, -0.2) is 4.79 Å². The SMILES string of the molecule is O=C(O)c1ccc(NCCc2ccc(Cl)cc2Cl)c(Br)c1. The summed E-state index contributed by atoms with van der Waals surface area (Å²) >= 11 is 15.3. The Morgan fingerprint density at radius 2 is 1.95 bits per heavy atom. The molecule has 6 heteroatoms. The predicted octanol–water partition coefficient (Wildman–Crippen LogP) is 5.11. The molecule has 0 bridgehead atoms. The van der Waals surface area contributed by atoms with Crippen LogP contribution in [0.2, 0.25) is 10.0 Å². The zero-order valence-electron chi connectivity index (χ0n) is 10.9. The molecule has 0 fully saturated rings. The van der Waals surface area contributed by atoms with Gasteiger partial charge < -0.3 is 10.4 Å². The number of halogens is 3. The molecule has 0 radical (unpaired) electrons. The number of aromatic carboxylic acids is 1. The molecule has 0 saturated carbocycles. The van der Waals surface area contributed by atoms with Gasteiger partial charge in [-0.05, 0) is 58.2 Å². The molecule has 0 amide bonds. The van der Waals surface area contributed by atoms with Gasteiger partial charge in [-0.1, -0.05) is 29.3 Å². The van der Waals surface area contributed by atoms with E-state index in [0.29, 0.717) is 21.1 Å². The highest BCUT2D eigenvalue weighted by Crippen LogP contribution is 2.25. The van der Waals surface area contributed by atoms with Crippen molar-refractivity contribution in [3.8, 4) is 0 Å². The van der Waals surface area contributed by atoms with Crippen LogP contribution in [-0.4, -0.2) is 17.6 Å². The fourth-order valence-electron chi connectivity index (χ4n) is 1.85. The molecule has 0 aromatic heterocycles. The Morgan fingerprint density at radius 1 is 1.19 bits per heavy atom. The van der Waals surface area contributed by atoms with Crippen LogP contribution in [0.3, 0.4) is 0 Å². The smallest absolute Gasteiger partial charge is 0.335 e. The summed E-state index contributed by atoms with van der Waals surface area (Å²) in [6, 6.07) is 10.3. The van der Waals surface area contributed by atoms with Gasteiger partial charge in [-0.2, -0.15) is 0 Å². The molecule has 2 aromatic carbocycles. The van der Waals surface area contributed by atoms with E-state index in [1.165, 1.54) is 0 Å². The fraction of sp³-hybridized carbons (Fsp3) is 0.133. The normalized spacial score (nSPS) is 10.4. The molecule has 2 aromatic rings. The average Bonchev–Trinajstić information content (AvgIpc) is 2.42. The van der Waals surface area contributed by atoms with Gasteiger partial charge >= 0.3 is 5.97 Å². The van der Waals surface area contributed by atoms with E-state index >= 15 is 0 Å². The highest BCUT2D eigenvalue weighted by molar-refractivity contribution is 9.10. The van der Waals surface area contributed by atoms with Crippen LogP contribution >= 0.6 is 39.1 Å². The first-order valence-corrected chi connectivity index (χ1v) is 7.73. The summed E-state index contributed by atoms with van der Waals surface area (Å²) in [7, 11) is 0. The highest BCUT2D eigenvalue weighted by atomic mass is 79.9. The molecule has 0 unspecified atom stereocenters. The Morgan fingerprint density at radius 3 is 2.57 bits per heavy atom. The third kappa shape index (κ3) is 4.37. The van der Waals surface area contributed by atoms with Crippen LogP contribution in [0.5, 0.6) is 0 Å². The lowest BCUT2D eigenvalue weighted by atomic mass is 10.1. The third-order valence-electron chi connectivity index (χ3n) is 2.94. The number of carboxylic acids is 1. The second-order valence-electron chi connectivity index (χ2n) is 4.41. The van der Waals surface area contributed by atoms with Gasteiger partial charge in [0.2, 0.25) is 0 Å². The molecule has 0 aliphatic carbocycles. The summed E-state index contributed by atoms with van der Waals surface area (Å²) in [5.74, 6) is -0.949. The molecule has 21 heavy (non-hydrogen) atoms. The largest absolute Gasteiger partial charge is 0.478 e. The first-order chi connectivity index (χ1) is 9.97.